The lowest BCUT2D eigenvalue weighted by molar-refractivity contribution is 0.477. The fourth-order valence-electron chi connectivity index (χ4n) is 4.12. The number of nitrogens with zero attached hydrogens (tertiary/aromatic N) is 1. The number of benzene rings is 4. The van der Waals surface area contributed by atoms with Crippen LogP contribution in [0.2, 0.25) is 0 Å². The lowest BCUT2D eigenvalue weighted by Crippen LogP contribution is -2.25. The lowest BCUT2D eigenvalue weighted by Gasteiger charge is -2.35. The van der Waals surface area contributed by atoms with Crippen molar-refractivity contribution >= 4 is 31.0 Å². The van der Waals surface area contributed by atoms with Crippen LogP contribution in [-0.2, 0) is 4.57 Å². The topological polar surface area (TPSA) is 50.7 Å². The lowest BCUT2D eigenvalue weighted by atomic mass is 10.1. The summed E-state index contributed by atoms with van der Waals surface area (Å²) in [5.41, 5.74) is 1.77. The molecule has 0 radical (unpaired) electrons. The highest BCUT2D eigenvalue weighted by Gasteiger charge is 2.41. The van der Waals surface area contributed by atoms with Gasteiger partial charge in [-0.2, -0.15) is 4.52 Å². The average molecular weight is 470 g/mol. The highest BCUT2D eigenvalue weighted by molar-refractivity contribution is 7.88. The second-order valence-corrected chi connectivity index (χ2v) is 12.9. The van der Waals surface area contributed by atoms with Crippen molar-refractivity contribution in [3.05, 3.63) is 132 Å². The van der Waals surface area contributed by atoms with Gasteiger partial charge in [0.15, 0.2) is 0 Å². The highest BCUT2D eigenvalue weighted by atomic mass is 31.2. The van der Waals surface area contributed by atoms with Gasteiger partial charge in [-0.3, -0.25) is 5.09 Å². The normalized spacial score (nSPS) is 19.3. The van der Waals surface area contributed by atoms with Gasteiger partial charge in [0.1, 0.15) is 5.75 Å². The molecule has 0 amide bonds. The van der Waals surface area contributed by atoms with Crippen molar-refractivity contribution in [2.45, 2.75) is 6.92 Å². The molecule has 5 rings (SSSR count). The van der Waals surface area contributed by atoms with E-state index in [0.29, 0.717) is 5.75 Å². The van der Waals surface area contributed by atoms with Crippen LogP contribution in [0.4, 0.5) is 0 Å². The monoisotopic (exact) mass is 470 g/mol. The van der Waals surface area contributed by atoms with Crippen molar-refractivity contribution in [2.24, 2.45) is 4.52 Å². The second-order valence-electron chi connectivity index (χ2n) is 7.76. The summed E-state index contributed by atoms with van der Waals surface area (Å²) in [7, 11) is -6.29. The molecule has 0 fully saturated rings. The second kappa shape index (κ2) is 8.90. The molecular formula is C27H24N2O2P2. The molecule has 0 spiro atoms. The van der Waals surface area contributed by atoms with Crippen LogP contribution in [0, 0.1) is 0 Å². The summed E-state index contributed by atoms with van der Waals surface area (Å²) < 4.78 is 25.6. The first-order valence-corrected chi connectivity index (χ1v) is 14.1. The average Bonchev–Trinajstić information content (AvgIpc) is 2.87. The van der Waals surface area contributed by atoms with Crippen LogP contribution in [0.3, 0.4) is 0 Å². The van der Waals surface area contributed by atoms with Crippen molar-refractivity contribution in [1.29, 1.82) is 0 Å². The molecule has 0 bridgehead atoms. The zero-order valence-corrected chi connectivity index (χ0v) is 20.0. The van der Waals surface area contributed by atoms with Gasteiger partial charge in [-0.25, -0.2) is 4.57 Å². The zero-order chi connectivity index (χ0) is 22.7. The molecule has 4 aromatic rings. The van der Waals surface area contributed by atoms with E-state index in [1.165, 1.54) is 0 Å². The quantitative estimate of drug-likeness (QED) is 0.319. The fraction of sp³-hybridized carbons (Fsp3) is 0.0370. The van der Waals surface area contributed by atoms with E-state index in [1.54, 1.807) is 12.1 Å². The van der Waals surface area contributed by atoms with Crippen LogP contribution in [-0.4, -0.2) is 0 Å². The third kappa shape index (κ3) is 4.09. The SMILES string of the molecule is CC1=C(c2ccccc2)NP(=O)(Oc2ccccc2)N=P1(c1ccccc1)c1ccccc1. The molecule has 1 aliphatic heterocycles. The highest BCUT2D eigenvalue weighted by Crippen LogP contribution is 2.68. The molecule has 1 unspecified atom stereocenters. The maximum Gasteiger partial charge on any atom is 0.464 e. The van der Waals surface area contributed by atoms with Crippen molar-refractivity contribution in [3.8, 4) is 5.75 Å². The first kappa shape index (κ1) is 21.5. The fourth-order valence-corrected chi connectivity index (χ4v) is 11.1. The molecular weight excluding hydrogens is 446 g/mol. The molecule has 1 heterocycles. The Labute approximate surface area is 194 Å². The summed E-state index contributed by atoms with van der Waals surface area (Å²) in [6.45, 7) is 2.10. The van der Waals surface area contributed by atoms with Gasteiger partial charge in [-0.15, -0.1) is 0 Å². The summed E-state index contributed by atoms with van der Waals surface area (Å²) in [5, 5.41) is 6.36. The van der Waals surface area contributed by atoms with E-state index < -0.39 is 14.7 Å². The summed E-state index contributed by atoms with van der Waals surface area (Å²) in [6, 6.07) is 39.5. The van der Waals surface area contributed by atoms with Gasteiger partial charge < -0.3 is 4.52 Å². The van der Waals surface area contributed by atoms with Gasteiger partial charge >= 0.3 is 7.67 Å². The van der Waals surface area contributed by atoms with Gasteiger partial charge in [-0.1, -0.05) is 109 Å². The molecule has 33 heavy (non-hydrogen) atoms. The van der Waals surface area contributed by atoms with E-state index >= 15 is 0 Å². The summed E-state index contributed by atoms with van der Waals surface area (Å²) in [5.74, 6) is 0.517. The molecule has 4 aromatic carbocycles. The molecule has 1 atom stereocenters. The molecule has 0 aromatic heterocycles. The van der Waals surface area contributed by atoms with Crippen LogP contribution >= 0.6 is 14.7 Å². The third-order valence-electron chi connectivity index (χ3n) is 5.65. The van der Waals surface area contributed by atoms with Crippen LogP contribution < -0.4 is 20.2 Å². The first-order chi connectivity index (χ1) is 16.1. The Balaban J connectivity index is 1.84. The molecule has 164 valence electrons. The Morgan fingerprint density at radius 2 is 1.12 bits per heavy atom. The van der Waals surface area contributed by atoms with Crippen LogP contribution in [0.25, 0.3) is 5.70 Å². The van der Waals surface area contributed by atoms with E-state index in [1.807, 2.05) is 84.9 Å². The van der Waals surface area contributed by atoms with E-state index in [-0.39, 0.29) is 0 Å². The number of nitrogens with one attached hydrogen (secondary N) is 1. The van der Waals surface area contributed by atoms with Crippen molar-refractivity contribution in [2.75, 3.05) is 0 Å². The summed E-state index contributed by atoms with van der Waals surface area (Å²) >= 11 is 0. The van der Waals surface area contributed by atoms with Gasteiger partial charge in [-0.05, 0) is 29.9 Å². The molecule has 6 heteroatoms. The van der Waals surface area contributed by atoms with Crippen LogP contribution in [0.15, 0.2) is 131 Å². The van der Waals surface area contributed by atoms with E-state index in [0.717, 1.165) is 27.2 Å². The Morgan fingerprint density at radius 1 is 0.667 bits per heavy atom. The maximum atomic E-state index is 14.4. The predicted octanol–water partition coefficient (Wildman–Crippen LogP) is 7.02. The predicted molar refractivity (Wildman–Crippen MR) is 138 cm³/mol. The molecule has 0 aliphatic carbocycles. The number of hydrogen-bond donors (Lipinski definition) is 1. The van der Waals surface area contributed by atoms with Gasteiger partial charge in [0.25, 0.3) is 0 Å². The minimum Gasteiger partial charge on any atom is -0.413 e. The third-order valence-corrected chi connectivity index (χ3v) is 11.9. The Kier molecular flexibility index (Phi) is 5.81. The zero-order valence-electron chi connectivity index (χ0n) is 18.2. The van der Waals surface area contributed by atoms with Crippen LogP contribution in [0.1, 0.15) is 12.5 Å². The minimum absolute atomic E-state index is 0.517. The summed E-state index contributed by atoms with van der Waals surface area (Å²) in [4.78, 5) is 0. The Morgan fingerprint density at radius 3 is 1.64 bits per heavy atom. The van der Waals surface area contributed by atoms with Crippen LogP contribution in [0.5, 0.6) is 5.75 Å². The van der Waals surface area contributed by atoms with Crippen molar-refractivity contribution in [1.82, 2.24) is 5.09 Å². The first-order valence-electron chi connectivity index (χ1n) is 10.8. The van der Waals surface area contributed by atoms with Gasteiger partial charge in [0, 0.05) is 10.6 Å². The van der Waals surface area contributed by atoms with Gasteiger partial charge in [0.05, 0.1) is 12.8 Å². The molecule has 1 aliphatic rings. The number of hydrogen-bond acceptors (Lipinski definition) is 2. The minimum atomic E-state index is -3.68. The molecule has 0 saturated carbocycles. The Bertz CT molecular complexity index is 1340. The molecule has 4 nitrogen and oxygen atoms in total. The number of rotatable bonds is 5. The van der Waals surface area contributed by atoms with Crippen molar-refractivity contribution < 1.29 is 9.09 Å². The van der Waals surface area contributed by atoms with Crippen molar-refractivity contribution in [3.63, 3.8) is 0 Å². The summed E-state index contributed by atoms with van der Waals surface area (Å²) in [6.07, 6.45) is 0. The number of para-hydroxylation sites is 1. The number of allylic oxidation sites excluding steroid dienone is 1. The largest absolute Gasteiger partial charge is 0.464 e. The smallest absolute Gasteiger partial charge is 0.413 e. The van der Waals surface area contributed by atoms with E-state index in [4.69, 9.17) is 9.04 Å². The Hall–Kier alpha value is -3.32. The molecule has 1 N–H and O–H groups in total. The maximum absolute atomic E-state index is 14.4. The van der Waals surface area contributed by atoms with Gasteiger partial charge in [0.2, 0.25) is 0 Å². The van der Waals surface area contributed by atoms with E-state index in [9.17, 15) is 4.57 Å². The molecule has 0 saturated heterocycles. The van der Waals surface area contributed by atoms with E-state index in [2.05, 4.69) is 36.3 Å². The standard InChI is InChI=1S/C27H24N2O2P2/c1-22-27(23-14-6-2-7-15-23)28-33(30,31-24-16-8-3-9-17-24)29-32(22,25-18-10-4-11-19-25)26-20-12-5-13-21-26/h2-21H,1H3,(H,28,30).